The fourth-order valence-electron chi connectivity index (χ4n) is 1.18. The lowest BCUT2D eigenvalue weighted by Crippen LogP contribution is -2.19. The molecule has 0 unspecified atom stereocenters. The van der Waals surface area contributed by atoms with E-state index >= 15 is 0 Å². The summed E-state index contributed by atoms with van der Waals surface area (Å²) in [4.78, 5) is 11.6. The number of carbonyl (C=O) groups excluding carboxylic acids is 1. The van der Waals surface area contributed by atoms with E-state index in [1.807, 2.05) is 0 Å². The summed E-state index contributed by atoms with van der Waals surface area (Å²) in [6.45, 7) is 0.0576. The molecule has 0 aliphatic rings. The Morgan fingerprint density at radius 3 is 3.00 bits per heavy atom. The molecule has 17 heavy (non-hydrogen) atoms. The number of nitrogens with one attached hydrogen (secondary N) is 1. The van der Waals surface area contributed by atoms with E-state index in [1.165, 1.54) is 11.0 Å². The van der Waals surface area contributed by atoms with Gasteiger partial charge in [0.25, 0.3) is 0 Å². The fraction of sp³-hybridized carbons (Fsp3) is 0.111. The average Bonchev–Trinajstić information content (AvgIpc) is 2.75. The zero-order chi connectivity index (χ0) is 12.3. The van der Waals surface area contributed by atoms with Crippen LogP contribution in [-0.2, 0) is 11.3 Å². The zero-order valence-electron chi connectivity index (χ0n) is 8.47. The molecule has 0 spiro atoms. The number of hydrogen-bond acceptors (Lipinski definition) is 4. The summed E-state index contributed by atoms with van der Waals surface area (Å²) in [6, 6.07) is 5.11. The number of halogens is 2. The van der Waals surface area contributed by atoms with Crippen molar-refractivity contribution in [2.75, 3.05) is 5.32 Å². The maximum atomic E-state index is 11.6. The van der Waals surface area contributed by atoms with Crippen molar-refractivity contribution >= 4 is 39.1 Å². The number of aromatic nitrogens is 4. The molecule has 88 valence electrons. The highest BCUT2D eigenvalue weighted by atomic mass is 79.9. The lowest BCUT2D eigenvalue weighted by atomic mass is 10.3. The van der Waals surface area contributed by atoms with Gasteiger partial charge in [0.05, 0.1) is 5.69 Å². The molecule has 0 saturated heterocycles. The Hall–Kier alpha value is -1.47. The fourth-order valence-corrected chi connectivity index (χ4v) is 1.96. The molecule has 0 saturated carbocycles. The van der Waals surface area contributed by atoms with Crippen molar-refractivity contribution in [2.45, 2.75) is 6.54 Å². The normalized spacial score (nSPS) is 10.2. The minimum atomic E-state index is -0.222. The Bertz CT molecular complexity index is 530. The van der Waals surface area contributed by atoms with E-state index in [1.54, 1.807) is 18.2 Å². The van der Waals surface area contributed by atoms with Gasteiger partial charge in [-0.3, -0.25) is 4.79 Å². The number of carbonyl (C=O) groups is 1. The van der Waals surface area contributed by atoms with Crippen LogP contribution < -0.4 is 5.32 Å². The van der Waals surface area contributed by atoms with E-state index < -0.39 is 0 Å². The van der Waals surface area contributed by atoms with Crippen molar-refractivity contribution < 1.29 is 4.79 Å². The summed E-state index contributed by atoms with van der Waals surface area (Å²) >= 11 is 9.10. The summed E-state index contributed by atoms with van der Waals surface area (Å²) < 4.78 is 2.05. The first kappa shape index (κ1) is 12.0. The summed E-state index contributed by atoms with van der Waals surface area (Å²) in [5.74, 6) is -0.222. The second-order valence-electron chi connectivity index (χ2n) is 3.18. The molecular weight excluding hydrogens is 309 g/mol. The minimum absolute atomic E-state index is 0.0576. The van der Waals surface area contributed by atoms with E-state index in [0.717, 1.165) is 4.47 Å². The molecule has 1 N–H and O–H groups in total. The number of amides is 1. The standard InChI is InChI=1S/C9H7BrClN5O/c10-7-3-6(11)1-2-8(7)13-9(17)4-16-5-12-14-15-16/h1-3,5H,4H2,(H,13,17). The number of tetrazole rings is 1. The van der Waals surface area contributed by atoms with Gasteiger partial charge in [-0.05, 0) is 44.6 Å². The van der Waals surface area contributed by atoms with Crippen LogP contribution in [0.1, 0.15) is 0 Å². The van der Waals surface area contributed by atoms with Gasteiger partial charge in [0.2, 0.25) is 5.91 Å². The maximum Gasteiger partial charge on any atom is 0.246 e. The van der Waals surface area contributed by atoms with Gasteiger partial charge in [-0.25, -0.2) is 4.68 Å². The smallest absolute Gasteiger partial charge is 0.246 e. The molecular formula is C9H7BrClN5O. The minimum Gasteiger partial charge on any atom is -0.323 e. The van der Waals surface area contributed by atoms with Crippen molar-refractivity contribution in [1.29, 1.82) is 0 Å². The van der Waals surface area contributed by atoms with E-state index in [0.29, 0.717) is 10.7 Å². The first-order chi connectivity index (χ1) is 8.15. The van der Waals surface area contributed by atoms with E-state index in [4.69, 9.17) is 11.6 Å². The summed E-state index contributed by atoms with van der Waals surface area (Å²) in [5.41, 5.74) is 0.646. The molecule has 0 fully saturated rings. The molecule has 2 aromatic rings. The molecule has 0 aliphatic heterocycles. The van der Waals surface area contributed by atoms with E-state index in [-0.39, 0.29) is 12.5 Å². The second-order valence-corrected chi connectivity index (χ2v) is 4.47. The van der Waals surface area contributed by atoms with Gasteiger partial charge in [0.1, 0.15) is 12.9 Å². The Balaban J connectivity index is 2.03. The van der Waals surface area contributed by atoms with Crippen LogP contribution in [0.2, 0.25) is 5.02 Å². The van der Waals surface area contributed by atoms with Crippen LogP contribution in [0.5, 0.6) is 0 Å². The third-order valence-corrected chi connectivity index (χ3v) is 2.79. The van der Waals surface area contributed by atoms with Crippen molar-refractivity contribution in [3.05, 3.63) is 34.0 Å². The Labute approximate surface area is 110 Å². The van der Waals surface area contributed by atoms with Crippen molar-refractivity contribution in [1.82, 2.24) is 20.2 Å². The monoisotopic (exact) mass is 315 g/mol. The Morgan fingerprint density at radius 2 is 2.35 bits per heavy atom. The number of benzene rings is 1. The first-order valence-corrected chi connectivity index (χ1v) is 5.78. The van der Waals surface area contributed by atoms with Crippen molar-refractivity contribution in [3.63, 3.8) is 0 Å². The average molecular weight is 317 g/mol. The molecule has 1 heterocycles. The highest BCUT2D eigenvalue weighted by Crippen LogP contribution is 2.25. The van der Waals surface area contributed by atoms with Gasteiger partial charge in [0, 0.05) is 9.50 Å². The second kappa shape index (κ2) is 5.24. The molecule has 6 nitrogen and oxygen atoms in total. The molecule has 0 bridgehead atoms. The van der Waals surface area contributed by atoms with E-state index in [2.05, 4.69) is 36.8 Å². The summed E-state index contributed by atoms with van der Waals surface area (Å²) in [7, 11) is 0. The van der Waals surface area contributed by atoms with E-state index in [9.17, 15) is 4.79 Å². The van der Waals surface area contributed by atoms with Crippen LogP contribution in [-0.4, -0.2) is 26.1 Å². The van der Waals surface area contributed by atoms with Crippen LogP contribution in [0.4, 0.5) is 5.69 Å². The maximum absolute atomic E-state index is 11.6. The van der Waals surface area contributed by atoms with Gasteiger partial charge in [-0.2, -0.15) is 0 Å². The number of rotatable bonds is 3. The van der Waals surface area contributed by atoms with Gasteiger partial charge >= 0.3 is 0 Å². The molecule has 0 radical (unpaired) electrons. The van der Waals surface area contributed by atoms with Gasteiger partial charge < -0.3 is 5.32 Å². The lowest BCUT2D eigenvalue weighted by molar-refractivity contribution is -0.116. The topological polar surface area (TPSA) is 72.7 Å². The predicted molar refractivity (Wildman–Crippen MR) is 65.6 cm³/mol. The lowest BCUT2D eigenvalue weighted by Gasteiger charge is -2.07. The Morgan fingerprint density at radius 1 is 1.53 bits per heavy atom. The third-order valence-electron chi connectivity index (χ3n) is 1.90. The number of anilines is 1. The third kappa shape index (κ3) is 3.24. The summed E-state index contributed by atoms with van der Waals surface area (Å²) in [6.07, 6.45) is 1.37. The predicted octanol–water partition coefficient (Wildman–Crippen LogP) is 1.73. The number of hydrogen-bond donors (Lipinski definition) is 1. The van der Waals surface area contributed by atoms with Crippen LogP contribution in [0.25, 0.3) is 0 Å². The quantitative estimate of drug-likeness (QED) is 0.936. The van der Waals surface area contributed by atoms with Gasteiger partial charge in [0.15, 0.2) is 0 Å². The highest BCUT2D eigenvalue weighted by Gasteiger charge is 2.07. The first-order valence-electron chi connectivity index (χ1n) is 4.61. The molecule has 8 heteroatoms. The molecule has 0 aliphatic carbocycles. The van der Waals surface area contributed by atoms with Gasteiger partial charge in [-0.1, -0.05) is 11.6 Å². The molecule has 1 aromatic carbocycles. The SMILES string of the molecule is O=C(Cn1cnnn1)Nc1ccc(Cl)cc1Br. The number of nitrogens with zero attached hydrogens (tertiary/aromatic N) is 4. The molecule has 1 amide bonds. The van der Waals surface area contributed by atoms with Crippen LogP contribution in [0.3, 0.4) is 0 Å². The van der Waals surface area contributed by atoms with Crippen molar-refractivity contribution in [2.24, 2.45) is 0 Å². The Kier molecular flexibility index (Phi) is 3.70. The van der Waals surface area contributed by atoms with Crippen LogP contribution in [0.15, 0.2) is 29.0 Å². The highest BCUT2D eigenvalue weighted by molar-refractivity contribution is 9.10. The molecule has 2 rings (SSSR count). The van der Waals surface area contributed by atoms with Crippen LogP contribution in [0, 0.1) is 0 Å². The zero-order valence-corrected chi connectivity index (χ0v) is 10.8. The van der Waals surface area contributed by atoms with Gasteiger partial charge in [-0.15, -0.1) is 5.10 Å². The van der Waals surface area contributed by atoms with Crippen LogP contribution >= 0.6 is 27.5 Å². The largest absolute Gasteiger partial charge is 0.323 e. The summed E-state index contributed by atoms with van der Waals surface area (Å²) in [5, 5.41) is 13.8. The molecule has 1 aromatic heterocycles. The van der Waals surface area contributed by atoms with Crippen molar-refractivity contribution in [3.8, 4) is 0 Å². The molecule has 0 atom stereocenters.